The van der Waals surface area contributed by atoms with Crippen LogP contribution in [0.3, 0.4) is 0 Å². The number of hydrogen-bond acceptors (Lipinski definition) is 5. The van der Waals surface area contributed by atoms with Crippen LogP contribution in [-0.4, -0.2) is 27.8 Å². The van der Waals surface area contributed by atoms with Crippen molar-refractivity contribution in [3.63, 3.8) is 0 Å². The molecule has 0 bridgehead atoms. The van der Waals surface area contributed by atoms with Gasteiger partial charge < -0.3 is 14.8 Å². The molecular formula is C23H22N4O3. The Bertz CT molecular complexity index is 1220. The van der Waals surface area contributed by atoms with Gasteiger partial charge in [0.25, 0.3) is 5.91 Å². The zero-order valence-electron chi connectivity index (χ0n) is 17.0. The third-order valence-electron chi connectivity index (χ3n) is 4.71. The van der Waals surface area contributed by atoms with Crippen LogP contribution in [0.2, 0.25) is 0 Å². The van der Waals surface area contributed by atoms with Crippen molar-refractivity contribution in [2.75, 3.05) is 12.4 Å². The van der Waals surface area contributed by atoms with E-state index < -0.39 is 0 Å². The Morgan fingerprint density at radius 1 is 1.10 bits per heavy atom. The smallest absolute Gasteiger partial charge is 0.276 e. The number of fused-ring (bicyclic) bond motifs is 1. The van der Waals surface area contributed by atoms with E-state index in [1.165, 1.54) is 5.56 Å². The molecule has 0 fully saturated rings. The molecule has 0 spiro atoms. The van der Waals surface area contributed by atoms with E-state index >= 15 is 0 Å². The van der Waals surface area contributed by atoms with Gasteiger partial charge in [-0.3, -0.25) is 9.78 Å². The third-order valence-corrected chi connectivity index (χ3v) is 4.71. The van der Waals surface area contributed by atoms with Crippen LogP contribution < -0.4 is 14.8 Å². The molecule has 152 valence electrons. The predicted octanol–water partition coefficient (Wildman–Crippen LogP) is 4.35. The van der Waals surface area contributed by atoms with Crippen LogP contribution in [0, 0.1) is 13.8 Å². The molecule has 0 radical (unpaired) electrons. The summed E-state index contributed by atoms with van der Waals surface area (Å²) in [5.74, 6) is 1.22. The first-order valence-corrected chi connectivity index (χ1v) is 9.50. The number of ether oxygens (including phenoxy) is 2. The molecule has 2 heterocycles. The molecule has 1 amide bonds. The second-order valence-electron chi connectivity index (χ2n) is 7.02. The largest absolute Gasteiger partial charge is 0.497 e. The number of rotatable bonds is 6. The van der Waals surface area contributed by atoms with Crippen molar-refractivity contribution >= 4 is 22.5 Å². The van der Waals surface area contributed by atoms with E-state index in [4.69, 9.17) is 9.47 Å². The number of aryl methyl sites for hydroxylation is 2. The maximum atomic E-state index is 12.6. The topological polar surface area (TPSA) is 78.3 Å². The number of carbonyl (C=O) groups is 1. The second kappa shape index (κ2) is 8.24. The van der Waals surface area contributed by atoms with E-state index in [9.17, 15) is 4.79 Å². The summed E-state index contributed by atoms with van der Waals surface area (Å²) in [6.45, 7) is 4.26. The summed E-state index contributed by atoms with van der Waals surface area (Å²) in [5, 5.41) is 8.03. The highest BCUT2D eigenvalue weighted by molar-refractivity contribution is 6.03. The van der Waals surface area contributed by atoms with Gasteiger partial charge in [0, 0.05) is 17.6 Å². The van der Waals surface area contributed by atoms with Gasteiger partial charge in [0.05, 0.1) is 24.5 Å². The van der Waals surface area contributed by atoms with E-state index in [0.29, 0.717) is 11.4 Å². The van der Waals surface area contributed by atoms with Crippen LogP contribution in [0.25, 0.3) is 10.9 Å². The van der Waals surface area contributed by atoms with E-state index in [1.54, 1.807) is 30.3 Å². The van der Waals surface area contributed by atoms with E-state index in [-0.39, 0.29) is 12.6 Å². The molecule has 0 unspecified atom stereocenters. The molecule has 0 aliphatic heterocycles. The Balaban J connectivity index is 1.41. The van der Waals surface area contributed by atoms with Gasteiger partial charge in [0.2, 0.25) is 0 Å². The highest BCUT2D eigenvalue weighted by Gasteiger charge is 2.11. The van der Waals surface area contributed by atoms with Crippen molar-refractivity contribution in [2.45, 2.75) is 20.6 Å². The Kier molecular flexibility index (Phi) is 5.34. The molecule has 0 saturated carbocycles. The predicted molar refractivity (Wildman–Crippen MR) is 115 cm³/mol. The normalized spacial score (nSPS) is 10.8. The van der Waals surface area contributed by atoms with Crippen LogP contribution >= 0.6 is 0 Å². The minimum atomic E-state index is -0.310. The number of aromatic nitrogens is 3. The second-order valence-corrected chi connectivity index (χ2v) is 7.02. The third kappa shape index (κ3) is 4.25. The lowest BCUT2D eigenvalue weighted by molar-refractivity contribution is 0.102. The lowest BCUT2D eigenvalue weighted by Gasteiger charge is -2.09. The number of benzene rings is 2. The molecule has 2 aromatic heterocycles. The Morgan fingerprint density at radius 3 is 2.77 bits per heavy atom. The number of nitrogens with one attached hydrogen (secondary N) is 1. The van der Waals surface area contributed by atoms with Crippen molar-refractivity contribution in [2.24, 2.45) is 0 Å². The maximum absolute atomic E-state index is 12.6. The summed E-state index contributed by atoms with van der Waals surface area (Å²) >= 11 is 0. The van der Waals surface area contributed by atoms with Gasteiger partial charge in [-0.25, -0.2) is 4.68 Å². The Labute approximate surface area is 174 Å². The monoisotopic (exact) mass is 402 g/mol. The highest BCUT2D eigenvalue weighted by atomic mass is 16.5. The molecule has 1 N–H and O–H groups in total. The maximum Gasteiger partial charge on any atom is 0.276 e. The lowest BCUT2D eigenvalue weighted by atomic mass is 10.1. The number of methoxy groups -OCH3 is 1. The summed E-state index contributed by atoms with van der Waals surface area (Å²) < 4.78 is 12.6. The fraction of sp³-hybridized carbons (Fsp3) is 0.174. The number of anilines is 1. The van der Waals surface area contributed by atoms with Crippen molar-refractivity contribution < 1.29 is 14.3 Å². The SMILES string of the molecule is COc1ccc2cc(NC(=O)c3ccn(COc4ccc(C)cc4C)n3)cnc2c1. The summed E-state index contributed by atoms with van der Waals surface area (Å²) in [6, 6.07) is 15.1. The van der Waals surface area contributed by atoms with Crippen LogP contribution in [0.15, 0.2) is 60.9 Å². The van der Waals surface area contributed by atoms with Crippen molar-refractivity contribution in [1.82, 2.24) is 14.8 Å². The quantitative estimate of drug-likeness (QED) is 0.519. The minimum absolute atomic E-state index is 0.219. The summed E-state index contributed by atoms with van der Waals surface area (Å²) in [4.78, 5) is 16.9. The Morgan fingerprint density at radius 2 is 1.97 bits per heavy atom. The van der Waals surface area contributed by atoms with Gasteiger partial charge in [-0.15, -0.1) is 0 Å². The molecule has 0 saturated heterocycles. The average Bonchev–Trinajstić information content (AvgIpc) is 3.22. The molecule has 0 aliphatic carbocycles. The van der Waals surface area contributed by atoms with Crippen LogP contribution in [0.4, 0.5) is 5.69 Å². The van der Waals surface area contributed by atoms with Crippen molar-refractivity contribution in [1.29, 1.82) is 0 Å². The zero-order valence-corrected chi connectivity index (χ0v) is 17.0. The molecule has 2 aromatic carbocycles. The van der Waals surface area contributed by atoms with Gasteiger partial charge in [-0.1, -0.05) is 17.7 Å². The fourth-order valence-corrected chi connectivity index (χ4v) is 3.14. The van der Waals surface area contributed by atoms with Crippen molar-refractivity contribution in [3.05, 3.63) is 77.7 Å². The number of amides is 1. The first-order chi connectivity index (χ1) is 14.5. The summed E-state index contributed by atoms with van der Waals surface area (Å²) in [5.41, 5.74) is 3.93. The molecule has 0 atom stereocenters. The molecule has 4 rings (SSSR count). The van der Waals surface area contributed by atoms with Crippen LogP contribution in [-0.2, 0) is 6.73 Å². The molecule has 30 heavy (non-hydrogen) atoms. The fourth-order valence-electron chi connectivity index (χ4n) is 3.14. The van der Waals surface area contributed by atoms with E-state index in [1.807, 2.05) is 50.2 Å². The van der Waals surface area contributed by atoms with E-state index in [2.05, 4.69) is 21.5 Å². The average molecular weight is 402 g/mol. The van der Waals surface area contributed by atoms with Crippen LogP contribution in [0.1, 0.15) is 21.6 Å². The molecule has 4 aromatic rings. The van der Waals surface area contributed by atoms with E-state index in [0.717, 1.165) is 28.0 Å². The zero-order chi connectivity index (χ0) is 21.1. The first kappa shape index (κ1) is 19.4. The summed E-state index contributed by atoms with van der Waals surface area (Å²) in [6.07, 6.45) is 3.32. The molecule has 7 nitrogen and oxygen atoms in total. The molecule has 0 aliphatic rings. The lowest BCUT2D eigenvalue weighted by Crippen LogP contribution is -2.14. The van der Waals surface area contributed by atoms with Gasteiger partial charge in [0.1, 0.15) is 11.5 Å². The number of pyridine rings is 1. The number of hydrogen-bond donors (Lipinski definition) is 1. The minimum Gasteiger partial charge on any atom is -0.497 e. The first-order valence-electron chi connectivity index (χ1n) is 9.50. The van der Waals surface area contributed by atoms with Crippen LogP contribution in [0.5, 0.6) is 11.5 Å². The molecular weight excluding hydrogens is 380 g/mol. The number of nitrogens with zero attached hydrogens (tertiary/aromatic N) is 3. The highest BCUT2D eigenvalue weighted by Crippen LogP contribution is 2.22. The summed E-state index contributed by atoms with van der Waals surface area (Å²) in [7, 11) is 1.61. The molecule has 7 heteroatoms. The van der Waals surface area contributed by atoms with Crippen molar-refractivity contribution in [3.8, 4) is 11.5 Å². The van der Waals surface area contributed by atoms with Gasteiger partial charge in [-0.05, 0) is 49.7 Å². The Hall–Kier alpha value is -3.87. The number of carbonyl (C=O) groups excluding carboxylic acids is 1. The van der Waals surface area contributed by atoms with Gasteiger partial charge in [0.15, 0.2) is 12.4 Å². The van der Waals surface area contributed by atoms with Gasteiger partial charge in [-0.2, -0.15) is 5.10 Å². The van der Waals surface area contributed by atoms with Gasteiger partial charge >= 0.3 is 0 Å². The standard InChI is InChI=1S/C23H22N4O3/c1-15-4-7-22(16(2)10-15)30-14-27-9-8-20(26-27)23(28)25-18-11-17-5-6-19(29-3)12-21(17)24-13-18/h4-13H,14H2,1-3H3,(H,25,28).